The van der Waals surface area contributed by atoms with Gasteiger partial charge in [0, 0.05) is 0 Å². The predicted molar refractivity (Wildman–Crippen MR) is 38.6 cm³/mol. The second kappa shape index (κ2) is 3.44. The number of hydrogen-bond donors (Lipinski definition) is 0. The zero-order chi connectivity index (χ0) is 6.97. The molecule has 0 N–H and O–H groups in total. The van der Waals surface area contributed by atoms with E-state index in [1.165, 1.54) is 0 Å². The summed E-state index contributed by atoms with van der Waals surface area (Å²) in [5.41, 5.74) is 2.25. The molecule has 0 radical (unpaired) electrons. The van der Waals surface area contributed by atoms with Crippen molar-refractivity contribution in [3.05, 3.63) is 41.8 Å². The quantitative estimate of drug-likeness (QED) is 0.324. The number of benzene rings is 1. The number of carbonyl (C=O) groups is 1. The molecular formula is C9H7NaO. The Morgan fingerprint density at radius 1 is 1.27 bits per heavy atom. The summed E-state index contributed by atoms with van der Waals surface area (Å²) in [5.74, 6) is 0.223. The Bertz CT molecular complexity index is 254. The fourth-order valence-corrected chi connectivity index (χ4v) is 1.25. The predicted octanol–water partition coefficient (Wildman–Crippen LogP) is -1.63. The van der Waals surface area contributed by atoms with E-state index >= 15 is 0 Å². The zero-order valence-electron chi connectivity index (χ0n) is 6.50. The summed E-state index contributed by atoms with van der Waals surface area (Å²) in [4.78, 5) is 10.8. The molecule has 0 bridgehead atoms. The molecule has 1 nitrogen and oxygen atoms in total. The van der Waals surface area contributed by atoms with Gasteiger partial charge in [-0.2, -0.15) is 11.6 Å². The van der Waals surface area contributed by atoms with Gasteiger partial charge in [0.15, 0.2) is 0 Å². The van der Waals surface area contributed by atoms with Gasteiger partial charge in [-0.05, 0) is 6.42 Å². The Hall–Kier alpha value is -0.240. The normalized spacial score (nSPS) is 13.3. The molecule has 0 aromatic heterocycles. The van der Waals surface area contributed by atoms with E-state index in [0.717, 1.165) is 11.1 Å². The zero-order valence-corrected chi connectivity index (χ0v) is 8.50. The van der Waals surface area contributed by atoms with Gasteiger partial charge in [-0.1, -0.05) is 6.07 Å². The summed E-state index contributed by atoms with van der Waals surface area (Å²) in [7, 11) is 0. The van der Waals surface area contributed by atoms with Crippen molar-refractivity contribution < 1.29 is 34.4 Å². The van der Waals surface area contributed by atoms with Crippen LogP contribution in [0.1, 0.15) is 11.1 Å². The van der Waals surface area contributed by atoms with Crippen LogP contribution in [-0.2, 0) is 11.2 Å². The number of Topliss-reactive ketones (excluding diaryl/α,β-unsaturated/α-hetero) is 1. The topological polar surface area (TPSA) is 17.1 Å². The van der Waals surface area contributed by atoms with Crippen molar-refractivity contribution in [2.75, 3.05) is 0 Å². The molecule has 1 aliphatic carbocycles. The van der Waals surface area contributed by atoms with Gasteiger partial charge in [-0.15, -0.1) is 24.1 Å². The summed E-state index contributed by atoms with van der Waals surface area (Å²) in [6.45, 7) is 0. The summed E-state index contributed by atoms with van der Waals surface area (Å²) in [6, 6.07) is 7.89. The van der Waals surface area contributed by atoms with E-state index in [1.54, 1.807) is 6.42 Å². The van der Waals surface area contributed by atoms with Crippen LogP contribution in [0.2, 0.25) is 0 Å². The van der Waals surface area contributed by atoms with E-state index in [4.69, 9.17) is 0 Å². The summed E-state index contributed by atoms with van der Waals surface area (Å²) < 4.78 is 0. The maximum Gasteiger partial charge on any atom is 1.00 e. The largest absolute Gasteiger partial charge is 1.00 e. The number of hydrogen-bond acceptors (Lipinski definition) is 1. The Morgan fingerprint density at radius 2 is 2.00 bits per heavy atom. The van der Waals surface area contributed by atoms with Crippen LogP contribution < -0.4 is 29.6 Å². The average molecular weight is 154 g/mol. The number of rotatable bonds is 0. The first-order valence-corrected chi connectivity index (χ1v) is 3.32. The van der Waals surface area contributed by atoms with Gasteiger partial charge in [-0.25, -0.2) is 0 Å². The van der Waals surface area contributed by atoms with Gasteiger partial charge >= 0.3 is 29.6 Å². The smallest absolute Gasteiger partial charge is 0.310 e. The molecule has 1 aromatic rings. The summed E-state index contributed by atoms with van der Waals surface area (Å²) in [6.07, 6.45) is 2.30. The molecule has 0 heterocycles. The van der Waals surface area contributed by atoms with Crippen LogP contribution >= 0.6 is 0 Å². The summed E-state index contributed by atoms with van der Waals surface area (Å²) >= 11 is 0. The standard InChI is InChI=1S/C9H7O.Na/c10-9-5-7-3-1-2-4-8(7)6-9;/h1-5H,6H2;/q-1;+1. The average Bonchev–Trinajstić information content (AvgIpc) is 2.27. The van der Waals surface area contributed by atoms with Gasteiger partial charge in [0.05, 0.1) is 5.78 Å². The van der Waals surface area contributed by atoms with Gasteiger partial charge in [0.25, 0.3) is 0 Å². The molecule has 11 heavy (non-hydrogen) atoms. The molecule has 0 atom stereocenters. The van der Waals surface area contributed by atoms with E-state index in [2.05, 4.69) is 0 Å². The van der Waals surface area contributed by atoms with Crippen molar-refractivity contribution in [3.8, 4) is 0 Å². The van der Waals surface area contributed by atoms with Crippen LogP contribution in [0.3, 0.4) is 0 Å². The Balaban J connectivity index is 0.000000605. The second-order valence-corrected chi connectivity index (χ2v) is 2.49. The van der Waals surface area contributed by atoms with Crippen molar-refractivity contribution in [1.82, 2.24) is 0 Å². The first-order chi connectivity index (χ1) is 4.86. The number of carbonyl (C=O) groups excluding carboxylic acids is 1. The fraction of sp³-hybridized carbons (Fsp3) is 0.111. The van der Waals surface area contributed by atoms with E-state index in [-0.39, 0.29) is 35.3 Å². The third-order valence-electron chi connectivity index (χ3n) is 1.74. The molecule has 0 saturated heterocycles. The minimum absolute atomic E-state index is 0. The minimum atomic E-state index is 0. The van der Waals surface area contributed by atoms with E-state index < -0.39 is 0 Å². The summed E-state index contributed by atoms with van der Waals surface area (Å²) in [5, 5.41) is 0. The molecule has 0 saturated carbocycles. The minimum Gasteiger partial charge on any atom is -0.310 e. The number of fused-ring (bicyclic) bond motifs is 1. The molecule has 1 aromatic carbocycles. The molecule has 0 aliphatic heterocycles. The molecule has 50 valence electrons. The van der Waals surface area contributed by atoms with E-state index in [0.29, 0.717) is 6.42 Å². The molecule has 0 spiro atoms. The molecule has 0 fully saturated rings. The Labute approximate surface area is 88.1 Å². The molecule has 2 heteroatoms. The van der Waals surface area contributed by atoms with Crippen LogP contribution in [-0.4, -0.2) is 5.78 Å². The Morgan fingerprint density at radius 3 is 2.73 bits per heavy atom. The van der Waals surface area contributed by atoms with E-state index in [9.17, 15) is 4.79 Å². The SMILES string of the molecule is O=C1[CH-]c2ccccc2C1.[Na+]. The fourth-order valence-electron chi connectivity index (χ4n) is 1.25. The van der Waals surface area contributed by atoms with Gasteiger partial charge in [0.1, 0.15) is 0 Å². The molecule has 2 rings (SSSR count). The monoisotopic (exact) mass is 154 g/mol. The van der Waals surface area contributed by atoms with Crippen LogP contribution in [0, 0.1) is 6.42 Å². The number of ketones is 1. The van der Waals surface area contributed by atoms with Crippen LogP contribution in [0.15, 0.2) is 24.3 Å². The van der Waals surface area contributed by atoms with Crippen LogP contribution in [0.4, 0.5) is 0 Å². The maximum absolute atomic E-state index is 10.8. The van der Waals surface area contributed by atoms with Gasteiger partial charge in [-0.3, -0.25) is 0 Å². The molecule has 0 unspecified atom stereocenters. The van der Waals surface area contributed by atoms with Crippen molar-refractivity contribution in [2.24, 2.45) is 0 Å². The van der Waals surface area contributed by atoms with Crippen molar-refractivity contribution >= 4 is 5.78 Å². The van der Waals surface area contributed by atoms with Crippen molar-refractivity contribution in [1.29, 1.82) is 0 Å². The van der Waals surface area contributed by atoms with Crippen LogP contribution in [0.25, 0.3) is 0 Å². The van der Waals surface area contributed by atoms with Crippen molar-refractivity contribution in [3.63, 3.8) is 0 Å². The first kappa shape index (κ1) is 8.85. The third-order valence-corrected chi connectivity index (χ3v) is 1.74. The van der Waals surface area contributed by atoms with Gasteiger partial charge in [0.2, 0.25) is 0 Å². The molecular weight excluding hydrogens is 147 g/mol. The van der Waals surface area contributed by atoms with E-state index in [1.807, 2.05) is 24.3 Å². The van der Waals surface area contributed by atoms with Gasteiger partial charge < -0.3 is 4.79 Å². The Kier molecular flexibility index (Phi) is 2.77. The maximum atomic E-state index is 10.8. The third kappa shape index (κ3) is 1.67. The molecule has 1 aliphatic rings. The second-order valence-electron chi connectivity index (χ2n) is 2.49. The first-order valence-electron chi connectivity index (χ1n) is 3.32. The van der Waals surface area contributed by atoms with Crippen LogP contribution in [0.5, 0.6) is 0 Å². The van der Waals surface area contributed by atoms with Crippen molar-refractivity contribution in [2.45, 2.75) is 6.42 Å². The molecule has 0 amide bonds.